The molecule has 0 spiro atoms. The van der Waals surface area contributed by atoms with E-state index in [-0.39, 0.29) is 16.8 Å². The van der Waals surface area contributed by atoms with Gasteiger partial charge in [0, 0.05) is 12.1 Å². The monoisotopic (exact) mass is 280 g/mol. The van der Waals surface area contributed by atoms with Crippen molar-refractivity contribution in [3.05, 3.63) is 38.9 Å². The molecule has 1 aromatic carbocycles. The van der Waals surface area contributed by atoms with Crippen molar-refractivity contribution in [1.82, 2.24) is 4.57 Å². The molecule has 0 aliphatic heterocycles. The van der Waals surface area contributed by atoms with Crippen LogP contribution in [-0.2, 0) is 4.79 Å². The molecule has 2 unspecified atom stereocenters. The van der Waals surface area contributed by atoms with Crippen LogP contribution in [0.4, 0.5) is 5.69 Å². The van der Waals surface area contributed by atoms with Gasteiger partial charge in [0.2, 0.25) is 0 Å². The molecule has 0 aliphatic carbocycles. The molecule has 2 atom stereocenters. The minimum absolute atomic E-state index is 0.185. The Morgan fingerprint density at radius 2 is 2.10 bits per heavy atom. The van der Waals surface area contributed by atoms with E-state index in [1.54, 1.807) is 6.92 Å². The Hall–Kier alpha value is -2.64. The molecule has 0 bridgehead atoms. The van der Waals surface area contributed by atoms with E-state index in [1.165, 1.54) is 25.1 Å². The van der Waals surface area contributed by atoms with Gasteiger partial charge in [0.1, 0.15) is 0 Å². The third-order valence-electron chi connectivity index (χ3n) is 3.33. The van der Waals surface area contributed by atoms with E-state index in [2.05, 4.69) is 0 Å². The number of oxazole rings is 1. The van der Waals surface area contributed by atoms with Crippen LogP contribution in [0.15, 0.2) is 27.4 Å². The summed E-state index contributed by atoms with van der Waals surface area (Å²) in [5.41, 5.74) is 0.206. The van der Waals surface area contributed by atoms with Crippen molar-refractivity contribution in [3.8, 4) is 0 Å². The Balaban J connectivity index is 2.65. The van der Waals surface area contributed by atoms with Gasteiger partial charge >= 0.3 is 11.7 Å². The zero-order chi connectivity index (χ0) is 15.0. The van der Waals surface area contributed by atoms with Gasteiger partial charge in [-0.25, -0.2) is 4.79 Å². The minimum atomic E-state index is -1.07. The van der Waals surface area contributed by atoms with Crippen molar-refractivity contribution in [3.63, 3.8) is 0 Å². The summed E-state index contributed by atoms with van der Waals surface area (Å²) in [7, 11) is 0. The largest absolute Gasteiger partial charge is 0.481 e. The van der Waals surface area contributed by atoms with Gasteiger partial charge in [-0.3, -0.25) is 19.5 Å². The highest BCUT2D eigenvalue weighted by Gasteiger charge is 2.26. The lowest BCUT2D eigenvalue weighted by molar-refractivity contribution is -0.384. The number of fused-ring (bicyclic) bond motifs is 1. The lowest BCUT2D eigenvalue weighted by atomic mass is 10.0. The molecule has 0 saturated heterocycles. The lowest BCUT2D eigenvalue weighted by Gasteiger charge is -2.16. The maximum Gasteiger partial charge on any atom is 0.420 e. The number of non-ortho nitro benzene ring substituents is 1. The van der Waals surface area contributed by atoms with E-state index in [0.717, 1.165) is 4.57 Å². The maximum atomic E-state index is 11.8. The second-order valence-electron chi connectivity index (χ2n) is 4.51. The number of carboxylic acids is 1. The first-order valence-corrected chi connectivity index (χ1v) is 5.85. The third-order valence-corrected chi connectivity index (χ3v) is 3.33. The molecule has 1 N–H and O–H groups in total. The second kappa shape index (κ2) is 4.80. The predicted molar refractivity (Wildman–Crippen MR) is 68.6 cm³/mol. The van der Waals surface area contributed by atoms with E-state index in [0.29, 0.717) is 0 Å². The van der Waals surface area contributed by atoms with Crippen LogP contribution in [0.3, 0.4) is 0 Å². The van der Waals surface area contributed by atoms with Gasteiger partial charge in [-0.05, 0) is 19.9 Å². The van der Waals surface area contributed by atoms with E-state index >= 15 is 0 Å². The average molecular weight is 280 g/mol. The number of hydrogen-bond donors (Lipinski definition) is 1. The van der Waals surface area contributed by atoms with Crippen molar-refractivity contribution in [2.45, 2.75) is 19.9 Å². The molecule has 106 valence electrons. The Kier molecular flexibility index (Phi) is 3.31. The molecule has 0 amide bonds. The van der Waals surface area contributed by atoms with Crippen LogP contribution < -0.4 is 5.76 Å². The molecule has 0 aliphatic rings. The Bertz CT molecular complexity index is 744. The maximum absolute atomic E-state index is 11.8. The summed E-state index contributed by atoms with van der Waals surface area (Å²) in [6.07, 6.45) is 0. The fourth-order valence-corrected chi connectivity index (χ4v) is 1.95. The van der Waals surface area contributed by atoms with Crippen molar-refractivity contribution in [2.75, 3.05) is 0 Å². The number of nitro benzene ring substituents is 1. The summed E-state index contributed by atoms with van der Waals surface area (Å²) in [4.78, 5) is 33.0. The first-order valence-electron chi connectivity index (χ1n) is 5.85. The molecule has 1 aromatic heterocycles. The number of aliphatic carboxylic acids is 1. The van der Waals surface area contributed by atoms with Crippen LogP contribution >= 0.6 is 0 Å². The van der Waals surface area contributed by atoms with Gasteiger partial charge in [0.25, 0.3) is 5.69 Å². The molecule has 0 saturated carbocycles. The van der Waals surface area contributed by atoms with Crippen molar-refractivity contribution < 1.29 is 19.2 Å². The Labute approximate surface area is 112 Å². The molecule has 2 rings (SSSR count). The summed E-state index contributed by atoms with van der Waals surface area (Å²) in [6.45, 7) is 3.00. The first-order chi connectivity index (χ1) is 9.32. The van der Waals surface area contributed by atoms with Crippen LogP contribution in [-0.4, -0.2) is 20.6 Å². The predicted octanol–water partition coefficient (Wildman–Crippen LogP) is 1.78. The van der Waals surface area contributed by atoms with Gasteiger partial charge in [-0.2, -0.15) is 0 Å². The Morgan fingerprint density at radius 3 is 2.65 bits per heavy atom. The van der Waals surface area contributed by atoms with Gasteiger partial charge in [-0.15, -0.1) is 0 Å². The molecule has 2 aromatic rings. The molecular weight excluding hydrogens is 268 g/mol. The summed E-state index contributed by atoms with van der Waals surface area (Å²) < 4.78 is 6.10. The van der Waals surface area contributed by atoms with Crippen LogP contribution in [0, 0.1) is 16.0 Å². The summed E-state index contributed by atoms with van der Waals surface area (Å²) in [5.74, 6) is -2.64. The SMILES string of the molecule is CC(C(=O)O)C(C)n1c(=O)oc2ccc([N+](=O)[O-])cc21. The first kappa shape index (κ1) is 13.8. The summed E-state index contributed by atoms with van der Waals surface area (Å²) in [5, 5.41) is 19.8. The van der Waals surface area contributed by atoms with E-state index in [9.17, 15) is 19.7 Å². The van der Waals surface area contributed by atoms with E-state index in [4.69, 9.17) is 9.52 Å². The van der Waals surface area contributed by atoms with Gasteiger partial charge in [0.05, 0.1) is 22.4 Å². The average Bonchev–Trinajstić information content (AvgIpc) is 2.71. The standard InChI is InChI=1S/C12H12N2O6/c1-6(11(15)16)7(2)13-9-5-8(14(18)19)3-4-10(9)20-12(13)17/h3-7H,1-2H3,(H,15,16). The lowest BCUT2D eigenvalue weighted by Crippen LogP contribution is -2.27. The molecule has 0 fully saturated rings. The summed E-state index contributed by atoms with van der Waals surface area (Å²) >= 11 is 0. The molecule has 0 radical (unpaired) electrons. The minimum Gasteiger partial charge on any atom is -0.481 e. The number of hydrogen-bond acceptors (Lipinski definition) is 5. The number of rotatable bonds is 4. The highest BCUT2D eigenvalue weighted by Crippen LogP contribution is 2.25. The molecular formula is C12H12N2O6. The fraction of sp³-hybridized carbons (Fsp3) is 0.333. The van der Waals surface area contributed by atoms with Crippen LogP contribution in [0.2, 0.25) is 0 Å². The zero-order valence-corrected chi connectivity index (χ0v) is 10.8. The molecule has 8 heteroatoms. The van der Waals surface area contributed by atoms with Crippen LogP contribution in [0.5, 0.6) is 0 Å². The van der Waals surface area contributed by atoms with Gasteiger partial charge in [-0.1, -0.05) is 0 Å². The number of nitro groups is 1. The molecule has 8 nitrogen and oxygen atoms in total. The van der Waals surface area contributed by atoms with Crippen molar-refractivity contribution in [1.29, 1.82) is 0 Å². The fourth-order valence-electron chi connectivity index (χ4n) is 1.95. The highest BCUT2D eigenvalue weighted by molar-refractivity contribution is 5.77. The van der Waals surface area contributed by atoms with Crippen LogP contribution in [0.1, 0.15) is 19.9 Å². The van der Waals surface area contributed by atoms with E-state index < -0.39 is 28.6 Å². The number of benzene rings is 1. The van der Waals surface area contributed by atoms with Gasteiger partial charge < -0.3 is 9.52 Å². The van der Waals surface area contributed by atoms with Crippen LogP contribution in [0.25, 0.3) is 11.1 Å². The zero-order valence-electron chi connectivity index (χ0n) is 10.8. The quantitative estimate of drug-likeness (QED) is 0.674. The van der Waals surface area contributed by atoms with Crippen molar-refractivity contribution in [2.24, 2.45) is 5.92 Å². The summed E-state index contributed by atoms with van der Waals surface area (Å²) in [6, 6.07) is 3.05. The number of carboxylic acid groups (broad SMARTS) is 1. The molecule has 1 heterocycles. The number of aromatic nitrogens is 1. The van der Waals surface area contributed by atoms with Crippen molar-refractivity contribution >= 4 is 22.8 Å². The number of nitrogens with zero attached hydrogens (tertiary/aromatic N) is 2. The number of carbonyl (C=O) groups is 1. The Morgan fingerprint density at radius 1 is 1.45 bits per heavy atom. The molecule has 20 heavy (non-hydrogen) atoms. The topological polar surface area (TPSA) is 116 Å². The smallest absolute Gasteiger partial charge is 0.420 e. The second-order valence-corrected chi connectivity index (χ2v) is 4.51. The van der Waals surface area contributed by atoms with E-state index in [1.807, 2.05) is 0 Å². The third kappa shape index (κ3) is 2.15. The highest BCUT2D eigenvalue weighted by atomic mass is 16.6. The normalized spacial score (nSPS) is 14.1. The van der Waals surface area contributed by atoms with Gasteiger partial charge in [0.15, 0.2) is 5.58 Å².